The molecular formula is C13H9Cl3N4O. The Kier molecular flexibility index (Phi) is 3.89. The fourth-order valence-corrected chi connectivity index (χ4v) is 2.63. The van der Waals surface area contributed by atoms with Gasteiger partial charge in [0, 0.05) is 17.1 Å². The molecule has 0 aliphatic rings. The maximum atomic E-state index is 6.14. The van der Waals surface area contributed by atoms with Gasteiger partial charge >= 0.3 is 0 Å². The normalized spacial score (nSPS) is 11.0. The van der Waals surface area contributed by atoms with Crippen molar-refractivity contribution in [2.75, 3.05) is 0 Å². The van der Waals surface area contributed by atoms with E-state index in [1.807, 2.05) is 6.92 Å². The van der Waals surface area contributed by atoms with Crippen LogP contribution < -0.4 is 0 Å². The molecule has 0 radical (unpaired) electrons. The summed E-state index contributed by atoms with van der Waals surface area (Å²) in [6, 6.07) is 5.07. The molecule has 0 amide bonds. The molecular weight excluding hydrogens is 335 g/mol. The number of hydrogen-bond acceptors (Lipinski definition) is 4. The van der Waals surface area contributed by atoms with Gasteiger partial charge < -0.3 is 4.52 Å². The quantitative estimate of drug-likeness (QED) is 0.698. The van der Waals surface area contributed by atoms with Gasteiger partial charge in [-0.3, -0.25) is 4.68 Å². The Bertz CT molecular complexity index is 797. The minimum absolute atomic E-state index is 0.292. The summed E-state index contributed by atoms with van der Waals surface area (Å²) >= 11 is 18.1. The van der Waals surface area contributed by atoms with Gasteiger partial charge in [0.2, 0.25) is 5.82 Å². The molecule has 0 atom stereocenters. The summed E-state index contributed by atoms with van der Waals surface area (Å²) in [5.74, 6) is 0.659. The minimum Gasteiger partial charge on any atom is -0.332 e. The van der Waals surface area contributed by atoms with Crippen molar-refractivity contribution in [3.8, 4) is 23.0 Å². The average molecular weight is 344 g/mol. The molecule has 1 aromatic carbocycles. The van der Waals surface area contributed by atoms with E-state index in [-0.39, 0.29) is 0 Å². The molecule has 0 N–H and O–H groups in total. The molecule has 0 aliphatic carbocycles. The first-order valence-corrected chi connectivity index (χ1v) is 7.24. The third kappa shape index (κ3) is 2.64. The first-order valence-electron chi connectivity index (χ1n) is 6.11. The van der Waals surface area contributed by atoms with Gasteiger partial charge in [-0.25, -0.2) is 0 Å². The first-order chi connectivity index (χ1) is 10.1. The topological polar surface area (TPSA) is 56.7 Å². The lowest BCUT2D eigenvalue weighted by atomic mass is 10.2. The highest BCUT2D eigenvalue weighted by Crippen LogP contribution is 2.32. The molecule has 5 nitrogen and oxygen atoms in total. The zero-order valence-electron chi connectivity index (χ0n) is 10.8. The first kappa shape index (κ1) is 14.4. The van der Waals surface area contributed by atoms with Crippen LogP contribution in [-0.4, -0.2) is 19.9 Å². The molecule has 3 aromatic rings. The summed E-state index contributed by atoms with van der Waals surface area (Å²) in [6.45, 7) is 2.58. The van der Waals surface area contributed by atoms with E-state index < -0.39 is 0 Å². The molecule has 21 heavy (non-hydrogen) atoms. The second kappa shape index (κ2) is 5.67. The highest BCUT2D eigenvalue weighted by atomic mass is 35.5. The Morgan fingerprint density at radius 1 is 1.19 bits per heavy atom. The number of rotatable bonds is 3. The standard InChI is InChI=1S/C13H9Cl3N4O/c1-2-20-11(10(16)6-17-20)13-18-12(19-21-13)8-4-3-7(14)5-9(8)15/h3-6H,2H2,1H3. The lowest BCUT2D eigenvalue weighted by Crippen LogP contribution is -1.99. The van der Waals surface area contributed by atoms with Crippen molar-refractivity contribution in [3.63, 3.8) is 0 Å². The molecule has 0 saturated carbocycles. The maximum absolute atomic E-state index is 6.14. The van der Waals surface area contributed by atoms with Crippen LogP contribution in [0.1, 0.15) is 6.92 Å². The monoisotopic (exact) mass is 342 g/mol. The Morgan fingerprint density at radius 2 is 2.00 bits per heavy atom. The Morgan fingerprint density at radius 3 is 2.71 bits per heavy atom. The van der Waals surface area contributed by atoms with Crippen LogP contribution in [0.2, 0.25) is 15.1 Å². The molecule has 0 fully saturated rings. The number of aromatic nitrogens is 4. The van der Waals surface area contributed by atoms with Crippen molar-refractivity contribution in [2.24, 2.45) is 0 Å². The molecule has 108 valence electrons. The highest BCUT2D eigenvalue weighted by Gasteiger charge is 2.19. The van der Waals surface area contributed by atoms with Crippen molar-refractivity contribution in [3.05, 3.63) is 39.5 Å². The number of benzene rings is 1. The smallest absolute Gasteiger partial charge is 0.278 e. The predicted octanol–water partition coefficient (Wildman–Crippen LogP) is 4.58. The molecule has 8 heteroatoms. The average Bonchev–Trinajstić information content (AvgIpc) is 3.05. The maximum Gasteiger partial charge on any atom is 0.278 e. The van der Waals surface area contributed by atoms with Crippen LogP contribution >= 0.6 is 34.8 Å². The Hall–Kier alpha value is -1.56. The number of aryl methyl sites for hydroxylation is 1. The van der Waals surface area contributed by atoms with Gasteiger partial charge in [-0.1, -0.05) is 40.0 Å². The number of hydrogen-bond donors (Lipinski definition) is 0. The largest absolute Gasteiger partial charge is 0.332 e. The van der Waals surface area contributed by atoms with Crippen LogP contribution in [-0.2, 0) is 6.54 Å². The van der Waals surface area contributed by atoms with Gasteiger partial charge in [-0.05, 0) is 25.1 Å². The highest BCUT2D eigenvalue weighted by molar-refractivity contribution is 6.36. The predicted molar refractivity (Wildman–Crippen MR) is 81.7 cm³/mol. The molecule has 0 unspecified atom stereocenters. The van der Waals surface area contributed by atoms with Crippen LogP contribution in [0.4, 0.5) is 0 Å². The van der Waals surface area contributed by atoms with Crippen molar-refractivity contribution in [1.82, 2.24) is 19.9 Å². The van der Waals surface area contributed by atoms with E-state index in [0.717, 1.165) is 0 Å². The number of halogens is 3. The van der Waals surface area contributed by atoms with Crippen molar-refractivity contribution >= 4 is 34.8 Å². The van der Waals surface area contributed by atoms with E-state index in [4.69, 9.17) is 39.3 Å². The zero-order chi connectivity index (χ0) is 15.0. The molecule has 2 heterocycles. The SMILES string of the molecule is CCn1ncc(Cl)c1-c1nc(-c2ccc(Cl)cc2Cl)no1. The van der Waals surface area contributed by atoms with Gasteiger partial charge in [0.25, 0.3) is 5.89 Å². The van der Waals surface area contributed by atoms with Gasteiger partial charge in [0.1, 0.15) is 5.69 Å². The van der Waals surface area contributed by atoms with Crippen LogP contribution in [0.25, 0.3) is 23.0 Å². The van der Waals surface area contributed by atoms with Crippen molar-refractivity contribution in [1.29, 1.82) is 0 Å². The van der Waals surface area contributed by atoms with Gasteiger partial charge in [-0.2, -0.15) is 10.1 Å². The van der Waals surface area contributed by atoms with Crippen LogP contribution in [0, 0.1) is 0 Å². The molecule has 0 saturated heterocycles. The van der Waals surface area contributed by atoms with E-state index in [9.17, 15) is 0 Å². The van der Waals surface area contributed by atoms with E-state index in [1.54, 1.807) is 29.1 Å². The van der Waals surface area contributed by atoms with Crippen molar-refractivity contribution < 1.29 is 4.52 Å². The third-order valence-corrected chi connectivity index (χ3v) is 3.72. The summed E-state index contributed by atoms with van der Waals surface area (Å²) in [4.78, 5) is 4.33. The van der Waals surface area contributed by atoms with Crippen LogP contribution in [0.5, 0.6) is 0 Å². The van der Waals surface area contributed by atoms with Crippen LogP contribution in [0.3, 0.4) is 0 Å². The van der Waals surface area contributed by atoms with E-state index >= 15 is 0 Å². The second-order valence-corrected chi connectivity index (χ2v) is 5.46. The van der Waals surface area contributed by atoms with Crippen molar-refractivity contribution in [2.45, 2.75) is 13.5 Å². The third-order valence-electron chi connectivity index (χ3n) is 2.89. The second-order valence-electron chi connectivity index (χ2n) is 4.20. The molecule has 0 aliphatic heterocycles. The summed E-state index contributed by atoms with van der Waals surface area (Å²) in [5, 5.41) is 9.51. The summed E-state index contributed by atoms with van der Waals surface area (Å²) in [7, 11) is 0. The zero-order valence-corrected chi connectivity index (χ0v) is 13.1. The summed E-state index contributed by atoms with van der Waals surface area (Å²) in [6.07, 6.45) is 1.54. The fourth-order valence-electron chi connectivity index (χ4n) is 1.91. The van der Waals surface area contributed by atoms with E-state index in [0.29, 0.717) is 44.6 Å². The molecule has 2 aromatic heterocycles. The molecule has 0 bridgehead atoms. The summed E-state index contributed by atoms with van der Waals surface area (Å²) < 4.78 is 6.96. The van der Waals surface area contributed by atoms with Gasteiger partial charge in [-0.15, -0.1) is 0 Å². The van der Waals surface area contributed by atoms with Gasteiger partial charge in [0.15, 0.2) is 0 Å². The Balaban J connectivity index is 2.06. The lowest BCUT2D eigenvalue weighted by molar-refractivity contribution is 0.427. The lowest BCUT2D eigenvalue weighted by Gasteiger charge is -2.00. The molecule has 3 rings (SSSR count). The van der Waals surface area contributed by atoms with E-state index in [1.165, 1.54) is 0 Å². The van der Waals surface area contributed by atoms with Crippen LogP contribution in [0.15, 0.2) is 28.9 Å². The molecule has 0 spiro atoms. The minimum atomic E-state index is 0.292. The fraction of sp³-hybridized carbons (Fsp3) is 0.154. The summed E-state index contributed by atoms with van der Waals surface area (Å²) in [5.41, 5.74) is 1.22. The number of nitrogens with zero attached hydrogens (tertiary/aromatic N) is 4. The van der Waals surface area contributed by atoms with Gasteiger partial charge in [0.05, 0.1) is 16.2 Å². The van der Waals surface area contributed by atoms with E-state index in [2.05, 4.69) is 15.2 Å². The Labute approximate surface area is 135 Å².